The zero-order chi connectivity index (χ0) is 15.4. The summed E-state index contributed by atoms with van der Waals surface area (Å²) in [4.78, 5) is 14.5. The average molecular weight is 290 g/mol. The second-order valence-electron chi connectivity index (χ2n) is 5.89. The molecule has 1 saturated heterocycles. The lowest BCUT2D eigenvalue weighted by Gasteiger charge is -2.26. The molecule has 1 heterocycles. The maximum absolute atomic E-state index is 12.8. The van der Waals surface area contributed by atoms with Crippen LogP contribution in [0.1, 0.15) is 24.5 Å². The zero-order valence-electron chi connectivity index (χ0n) is 13.5. The van der Waals surface area contributed by atoms with E-state index in [0.717, 1.165) is 24.2 Å². The molecule has 0 spiro atoms. The Labute approximate surface area is 127 Å². The molecule has 0 saturated carbocycles. The number of rotatable bonds is 5. The molecule has 1 aliphatic heterocycles. The monoisotopic (exact) mass is 290 g/mol. The molecule has 0 bridgehead atoms. The van der Waals surface area contributed by atoms with Gasteiger partial charge in [0.15, 0.2) is 0 Å². The molecule has 0 aliphatic carbocycles. The highest BCUT2D eigenvalue weighted by molar-refractivity contribution is 5.96. The Kier molecular flexibility index (Phi) is 5.37. The minimum absolute atomic E-state index is 0.0951. The van der Waals surface area contributed by atoms with E-state index < -0.39 is 0 Å². The van der Waals surface area contributed by atoms with Gasteiger partial charge < -0.3 is 15.0 Å². The summed E-state index contributed by atoms with van der Waals surface area (Å²) in [6.07, 6.45) is 1.06. The molecule has 2 unspecified atom stereocenters. The Morgan fingerprint density at radius 2 is 2.14 bits per heavy atom. The van der Waals surface area contributed by atoms with Crippen LogP contribution >= 0.6 is 0 Å². The lowest BCUT2D eigenvalue weighted by Crippen LogP contribution is -2.45. The molecule has 1 aromatic carbocycles. The van der Waals surface area contributed by atoms with Crippen LogP contribution in [0.2, 0.25) is 0 Å². The van der Waals surface area contributed by atoms with E-state index in [0.29, 0.717) is 13.2 Å². The average Bonchev–Trinajstić information content (AvgIpc) is 2.92. The first-order valence-corrected chi connectivity index (χ1v) is 7.70. The molecule has 2 rings (SSSR count). The normalized spacial score (nSPS) is 21.5. The molecule has 1 fully saturated rings. The van der Waals surface area contributed by atoms with Crippen LogP contribution in [0.4, 0.5) is 5.69 Å². The van der Waals surface area contributed by atoms with Crippen LogP contribution in [-0.4, -0.2) is 38.8 Å². The summed E-state index contributed by atoms with van der Waals surface area (Å²) < 4.78 is 5.51. The van der Waals surface area contributed by atoms with Crippen LogP contribution in [0, 0.1) is 19.8 Å². The summed E-state index contributed by atoms with van der Waals surface area (Å²) in [5.41, 5.74) is 3.32. The molecule has 4 heteroatoms. The highest BCUT2D eigenvalue weighted by Gasteiger charge is 2.35. The molecule has 4 nitrogen and oxygen atoms in total. The van der Waals surface area contributed by atoms with Crippen molar-refractivity contribution in [3.63, 3.8) is 0 Å². The van der Waals surface area contributed by atoms with Crippen molar-refractivity contribution in [2.45, 2.75) is 33.2 Å². The van der Waals surface area contributed by atoms with Gasteiger partial charge in [0, 0.05) is 18.8 Å². The highest BCUT2D eigenvalue weighted by atomic mass is 16.5. The van der Waals surface area contributed by atoms with E-state index >= 15 is 0 Å². The number of carbonyl (C=O) groups is 1. The molecule has 1 aromatic rings. The largest absolute Gasteiger partial charge is 0.379 e. The first-order valence-electron chi connectivity index (χ1n) is 7.70. The molecule has 1 N–H and O–H groups in total. The molecule has 1 amide bonds. The molecule has 21 heavy (non-hydrogen) atoms. The Morgan fingerprint density at radius 1 is 1.38 bits per heavy atom. The minimum Gasteiger partial charge on any atom is -0.379 e. The van der Waals surface area contributed by atoms with Crippen molar-refractivity contribution in [1.29, 1.82) is 0 Å². The summed E-state index contributed by atoms with van der Waals surface area (Å²) >= 11 is 0. The number of nitrogens with zero attached hydrogens (tertiary/aromatic N) is 1. The molecular formula is C17H26N2O2. The van der Waals surface area contributed by atoms with E-state index in [2.05, 4.69) is 25.2 Å². The van der Waals surface area contributed by atoms with Gasteiger partial charge in [-0.05, 0) is 38.4 Å². The number of anilines is 1. The first-order chi connectivity index (χ1) is 10.0. The summed E-state index contributed by atoms with van der Waals surface area (Å²) in [5.74, 6) is 0.0373. The SMILES string of the molecule is CCCNC1COCC1C(=O)N(C)c1ccc(C)cc1C. The van der Waals surface area contributed by atoms with Crippen LogP contribution in [0.3, 0.4) is 0 Å². The first kappa shape index (κ1) is 16.0. The van der Waals surface area contributed by atoms with Crippen molar-refractivity contribution >= 4 is 11.6 Å². The molecule has 116 valence electrons. The van der Waals surface area contributed by atoms with E-state index in [1.165, 1.54) is 5.56 Å². The number of hydrogen-bond donors (Lipinski definition) is 1. The van der Waals surface area contributed by atoms with Crippen molar-refractivity contribution < 1.29 is 9.53 Å². The minimum atomic E-state index is -0.0951. The van der Waals surface area contributed by atoms with Crippen molar-refractivity contribution in [3.8, 4) is 0 Å². The third-order valence-electron chi connectivity index (χ3n) is 4.10. The fraction of sp³-hybridized carbons (Fsp3) is 0.588. The van der Waals surface area contributed by atoms with Crippen molar-refractivity contribution in [1.82, 2.24) is 5.32 Å². The van der Waals surface area contributed by atoms with Crippen LogP contribution in [-0.2, 0) is 9.53 Å². The molecule has 0 aromatic heterocycles. The summed E-state index contributed by atoms with van der Waals surface area (Å²) in [6.45, 7) is 8.29. The van der Waals surface area contributed by atoms with Gasteiger partial charge in [-0.3, -0.25) is 4.79 Å². The van der Waals surface area contributed by atoms with E-state index in [1.807, 2.05) is 26.1 Å². The van der Waals surface area contributed by atoms with E-state index in [-0.39, 0.29) is 17.9 Å². The van der Waals surface area contributed by atoms with E-state index in [9.17, 15) is 4.79 Å². The number of amides is 1. The van der Waals surface area contributed by atoms with Gasteiger partial charge in [0.2, 0.25) is 5.91 Å². The van der Waals surface area contributed by atoms with Gasteiger partial charge in [0.25, 0.3) is 0 Å². The maximum atomic E-state index is 12.8. The lowest BCUT2D eigenvalue weighted by atomic mass is 10.0. The Balaban J connectivity index is 2.11. The topological polar surface area (TPSA) is 41.6 Å². The number of carbonyl (C=O) groups excluding carboxylic acids is 1. The van der Waals surface area contributed by atoms with Gasteiger partial charge in [0.1, 0.15) is 0 Å². The molecule has 0 radical (unpaired) electrons. The fourth-order valence-electron chi connectivity index (χ4n) is 2.88. The number of ether oxygens (including phenoxy) is 1. The molecule has 1 aliphatic rings. The van der Waals surface area contributed by atoms with Crippen LogP contribution in [0.25, 0.3) is 0 Å². The third-order valence-corrected chi connectivity index (χ3v) is 4.10. The summed E-state index contributed by atoms with van der Waals surface area (Å²) in [6, 6.07) is 6.30. The second-order valence-corrected chi connectivity index (χ2v) is 5.89. The quantitative estimate of drug-likeness (QED) is 0.904. The van der Waals surface area contributed by atoms with Gasteiger partial charge in [-0.2, -0.15) is 0 Å². The van der Waals surface area contributed by atoms with Crippen LogP contribution in [0.5, 0.6) is 0 Å². The number of aryl methyl sites for hydroxylation is 2. The highest BCUT2D eigenvalue weighted by Crippen LogP contribution is 2.24. The third kappa shape index (κ3) is 3.63. The number of benzene rings is 1. The predicted octanol–water partition coefficient (Wildman–Crippen LogP) is 2.28. The van der Waals surface area contributed by atoms with Gasteiger partial charge in [0.05, 0.1) is 19.1 Å². The van der Waals surface area contributed by atoms with Crippen molar-refractivity contribution in [2.75, 3.05) is 31.7 Å². The fourth-order valence-corrected chi connectivity index (χ4v) is 2.88. The number of nitrogens with one attached hydrogen (secondary N) is 1. The molecule has 2 atom stereocenters. The zero-order valence-corrected chi connectivity index (χ0v) is 13.5. The smallest absolute Gasteiger partial charge is 0.233 e. The van der Waals surface area contributed by atoms with E-state index in [4.69, 9.17) is 4.74 Å². The van der Waals surface area contributed by atoms with E-state index in [1.54, 1.807) is 4.90 Å². The van der Waals surface area contributed by atoms with Crippen LogP contribution < -0.4 is 10.2 Å². The Hall–Kier alpha value is -1.39. The van der Waals surface area contributed by atoms with Crippen LogP contribution in [0.15, 0.2) is 18.2 Å². The molecular weight excluding hydrogens is 264 g/mol. The Bertz CT molecular complexity index is 502. The van der Waals surface area contributed by atoms with Crippen molar-refractivity contribution in [2.24, 2.45) is 5.92 Å². The van der Waals surface area contributed by atoms with Crippen molar-refractivity contribution in [3.05, 3.63) is 29.3 Å². The summed E-state index contributed by atoms with van der Waals surface area (Å²) in [5, 5.41) is 3.42. The predicted molar refractivity (Wildman–Crippen MR) is 85.7 cm³/mol. The summed E-state index contributed by atoms with van der Waals surface area (Å²) in [7, 11) is 1.86. The van der Waals surface area contributed by atoms with Gasteiger partial charge in [-0.25, -0.2) is 0 Å². The second kappa shape index (κ2) is 7.05. The number of hydrogen-bond acceptors (Lipinski definition) is 3. The van der Waals surface area contributed by atoms with Gasteiger partial charge in [-0.1, -0.05) is 24.6 Å². The standard InChI is InChI=1S/C17H26N2O2/c1-5-8-18-15-11-21-10-14(15)17(20)19(4)16-7-6-12(2)9-13(16)3/h6-7,9,14-15,18H,5,8,10-11H2,1-4H3. The Morgan fingerprint density at radius 3 is 2.81 bits per heavy atom. The van der Waals surface area contributed by atoms with Gasteiger partial charge in [-0.15, -0.1) is 0 Å². The van der Waals surface area contributed by atoms with Gasteiger partial charge >= 0.3 is 0 Å². The maximum Gasteiger partial charge on any atom is 0.233 e. The lowest BCUT2D eigenvalue weighted by molar-refractivity contribution is -0.122.